The SMILES string of the molecule is CCOc1cc(C)ccc1CNC(=NC)NCc1cccc(C(=O)NCCN(C)C)c1. The summed E-state index contributed by atoms with van der Waals surface area (Å²) < 4.78 is 5.75. The fourth-order valence-corrected chi connectivity index (χ4v) is 3.00. The number of benzene rings is 2. The molecule has 0 fully saturated rings. The van der Waals surface area contributed by atoms with Crippen molar-refractivity contribution in [2.24, 2.45) is 4.99 Å². The number of likely N-dealkylation sites (N-methyl/N-ethyl adjacent to an activating group) is 1. The number of hydrogen-bond acceptors (Lipinski definition) is 4. The van der Waals surface area contributed by atoms with Crippen LogP contribution in [-0.4, -0.2) is 57.6 Å². The van der Waals surface area contributed by atoms with Crippen LogP contribution in [0.1, 0.15) is 34.0 Å². The van der Waals surface area contributed by atoms with E-state index in [1.54, 1.807) is 7.05 Å². The van der Waals surface area contributed by atoms with Gasteiger partial charge in [0, 0.05) is 44.4 Å². The third-order valence-corrected chi connectivity index (χ3v) is 4.69. The van der Waals surface area contributed by atoms with Gasteiger partial charge in [0.05, 0.1) is 6.61 Å². The summed E-state index contributed by atoms with van der Waals surface area (Å²) in [5, 5.41) is 9.57. The molecule has 2 aromatic carbocycles. The van der Waals surface area contributed by atoms with Gasteiger partial charge >= 0.3 is 0 Å². The highest BCUT2D eigenvalue weighted by molar-refractivity contribution is 5.94. The number of carbonyl (C=O) groups is 1. The molecule has 31 heavy (non-hydrogen) atoms. The molecule has 0 unspecified atom stereocenters. The van der Waals surface area contributed by atoms with Crippen molar-refractivity contribution in [2.45, 2.75) is 26.9 Å². The number of nitrogens with zero attached hydrogens (tertiary/aromatic N) is 2. The Bertz CT molecular complexity index is 880. The molecule has 7 nitrogen and oxygen atoms in total. The number of aryl methyl sites for hydroxylation is 1. The number of carbonyl (C=O) groups excluding carboxylic acids is 1. The Labute approximate surface area is 185 Å². The molecule has 0 aromatic heterocycles. The maximum atomic E-state index is 12.3. The fourth-order valence-electron chi connectivity index (χ4n) is 3.00. The zero-order valence-electron chi connectivity index (χ0n) is 19.3. The van der Waals surface area contributed by atoms with Crippen LogP contribution >= 0.6 is 0 Å². The average Bonchev–Trinajstić information content (AvgIpc) is 2.75. The lowest BCUT2D eigenvalue weighted by atomic mass is 10.1. The van der Waals surface area contributed by atoms with Crippen molar-refractivity contribution < 1.29 is 9.53 Å². The number of nitrogens with one attached hydrogen (secondary N) is 3. The molecule has 7 heteroatoms. The minimum Gasteiger partial charge on any atom is -0.494 e. The van der Waals surface area contributed by atoms with E-state index in [1.807, 2.05) is 56.3 Å². The van der Waals surface area contributed by atoms with Crippen LogP contribution in [0.4, 0.5) is 0 Å². The minimum absolute atomic E-state index is 0.0611. The molecule has 0 aliphatic heterocycles. The largest absolute Gasteiger partial charge is 0.494 e. The van der Waals surface area contributed by atoms with Gasteiger partial charge in [-0.25, -0.2) is 0 Å². The molecular weight excluding hydrogens is 390 g/mol. The van der Waals surface area contributed by atoms with Gasteiger partial charge in [0.1, 0.15) is 5.75 Å². The van der Waals surface area contributed by atoms with E-state index in [1.165, 1.54) is 5.56 Å². The first-order valence-corrected chi connectivity index (χ1v) is 10.6. The van der Waals surface area contributed by atoms with Crippen molar-refractivity contribution >= 4 is 11.9 Å². The van der Waals surface area contributed by atoms with Crippen molar-refractivity contribution in [1.82, 2.24) is 20.9 Å². The second kappa shape index (κ2) is 12.6. The summed E-state index contributed by atoms with van der Waals surface area (Å²) in [7, 11) is 5.70. The average molecular weight is 426 g/mol. The second-order valence-corrected chi connectivity index (χ2v) is 7.58. The van der Waals surface area contributed by atoms with Crippen LogP contribution in [-0.2, 0) is 13.1 Å². The van der Waals surface area contributed by atoms with Crippen molar-refractivity contribution in [3.8, 4) is 5.75 Å². The van der Waals surface area contributed by atoms with E-state index in [0.717, 1.165) is 23.4 Å². The third kappa shape index (κ3) is 8.30. The van der Waals surface area contributed by atoms with E-state index in [4.69, 9.17) is 4.74 Å². The summed E-state index contributed by atoms with van der Waals surface area (Å²) in [5.74, 6) is 1.51. The zero-order chi connectivity index (χ0) is 22.6. The molecule has 0 atom stereocenters. The number of amides is 1. The van der Waals surface area contributed by atoms with Crippen LogP contribution in [0.25, 0.3) is 0 Å². The lowest BCUT2D eigenvalue weighted by Gasteiger charge is -2.15. The summed E-state index contributed by atoms with van der Waals surface area (Å²) >= 11 is 0. The Morgan fingerprint density at radius 3 is 2.55 bits per heavy atom. The van der Waals surface area contributed by atoms with Gasteiger partial charge in [-0.1, -0.05) is 24.3 Å². The van der Waals surface area contributed by atoms with Gasteiger partial charge in [0.25, 0.3) is 5.91 Å². The maximum absolute atomic E-state index is 12.3. The quantitative estimate of drug-likeness (QED) is 0.403. The summed E-state index contributed by atoms with van der Waals surface area (Å²) in [6, 6.07) is 13.8. The molecule has 0 saturated carbocycles. The monoisotopic (exact) mass is 425 g/mol. The summed E-state index contributed by atoms with van der Waals surface area (Å²) in [6.45, 7) is 7.25. The van der Waals surface area contributed by atoms with Gasteiger partial charge in [-0.2, -0.15) is 0 Å². The molecule has 2 aromatic rings. The summed E-state index contributed by atoms with van der Waals surface area (Å²) in [5.41, 5.74) is 3.91. The van der Waals surface area contributed by atoms with Crippen LogP contribution in [0.2, 0.25) is 0 Å². The van der Waals surface area contributed by atoms with E-state index >= 15 is 0 Å². The first-order valence-electron chi connectivity index (χ1n) is 10.6. The molecule has 168 valence electrons. The number of guanidine groups is 1. The third-order valence-electron chi connectivity index (χ3n) is 4.69. The van der Waals surface area contributed by atoms with Gasteiger partial charge < -0.3 is 25.6 Å². The summed E-state index contributed by atoms with van der Waals surface area (Å²) in [6.07, 6.45) is 0. The van der Waals surface area contributed by atoms with Gasteiger partial charge in [0.15, 0.2) is 5.96 Å². The van der Waals surface area contributed by atoms with E-state index in [-0.39, 0.29) is 5.91 Å². The predicted molar refractivity (Wildman–Crippen MR) is 127 cm³/mol. The van der Waals surface area contributed by atoms with Crippen molar-refractivity contribution in [3.05, 3.63) is 64.7 Å². The van der Waals surface area contributed by atoms with E-state index in [0.29, 0.717) is 37.8 Å². The van der Waals surface area contributed by atoms with E-state index in [2.05, 4.69) is 40.0 Å². The molecule has 1 amide bonds. The van der Waals surface area contributed by atoms with E-state index in [9.17, 15) is 4.79 Å². The van der Waals surface area contributed by atoms with Gasteiger partial charge in [-0.05, 0) is 57.3 Å². The highest BCUT2D eigenvalue weighted by atomic mass is 16.5. The van der Waals surface area contributed by atoms with Crippen molar-refractivity contribution in [2.75, 3.05) is 40.8 Å². The van der Waals surface area contributed by atoms with Gasteiger partial charge in [-0.3, -0.25) is 9.79 Å². The number of ether oxygens (including phenoxy) is 1. The Kier molecular flexibility index (Phi) is 9.84. The highest BCUT2D eigenvalue weighted by Crippen LogP contribution is 2.20. The molecule has 3 N–H and O–H groups in total. The zero-order valence-corrected chi connectivity index (χ0v) is 19.3. The molecule has 2 rings (SSSR count). The Balaban J connectivity index is 1.91. The smallest absolute Gasteiger partial charge is 0.251 e. The first kappa shape index (κ1) is 24.2. The molecule has 0 saturated heterocycles. The van der Waals surface area contributed by atoms with E-state index < -0.39 is 0 Å². The normalized spacial score (nSPS) is 11.4. The molecule has 0 spiro atoms. The molecule has 0 radical (unpaired) electrons. The molecular formula is C24H35N5O2. The molecule has 0 bridgehead atoms. The van der Waals surface area contributed by atoms with Crippen LogP contribution in [0.15, 0.2) is 47.5 Å². The fraction of sp³-hybridized carbons (Fsp3) is 0.417. The molecule has 0 heterocycles. The van der Waals surface area contributed by atoms with Crippen LogP contribution in [0.3, 0.4) is 0 Å². The predicted octanol–water partition coefficient (Wildman–Crippen LogP) is 2.55. The standard InChI is InChI=1S/C24H35N5O2/c1-6-31-22-14-18(2)10-11-21(22)17-28-24(25-3)27-16-19-8-7-9-20(15-19)23(30)26-12-13-29(4)5/h7-11,14-15H,6,12-13,16-17H2,1-5H3,(H,26,30)(H2,25,27,28). The van der Waals surface area contributed by atoms with Gasteiger partial charge in [0.2, 0.25) is 0 Å². The Hall–Kier alpha value is -3.06. The Morgan fingerprint density at radius 2 is 1.84 bits per heavy atom. The Morgan fingerprint density at radius 1 is 1.06 bits per heavy atom. The lowest BCUT2D eigenvalue weighted by Crippen LogP contribution is -2.36. The number of hydrogen-bond donors (Lipinski definition) is 3. The first-order chi connectivity index (χ1) is 14.9. The van der Waals surface area contributed by atoms with Crippen molar-refractivity contribution in [3.63, 3.8) is 0 Å². The summed E-state index contributed by atoms with van der Waals surface area (Å²) in [4.78, 5) is 18.7. The highest BCUT2D eigenvalue weighted by Gasteiger charge is 2.08. The number of rotatable bonds is 10. The lowest BCUT2D eigenvalue weighted by molar-refractivity contribution is 0.0951. The number of aliphatic imine (C=N–C) groups is 1. The second-order valence-electron chi connectivity index (χ2n) is 7.58. The maximum Gasteiger partial charge on any atom is 0.251 e. The topological polar surface area (TPSA) is 78.0 Å². The van der Waals surface area contributed by atoms with Crippen LogP contribution in [0, 0.1) is 6.92 Å². The molecule has 0 aliphatic carbocycles. The van der Waals surface area contributed by atoms with Crippen LogP contribution < -0.4 is 20.7 Å². The van der Waals surface area contributed by atoms with Gasteiger partial charge in [-0.15, -0.1) is 0 Å². The minimum atomic E-state index is -0.0611. The van der Waals surface area contributed by atoms with Crippen LogP contribution in [0.5, 0.6) is 5.75 Å². The molecule has 0 aliphatic rings. The van der Waals surface area contributed by atoms with Crippen molar-refractivity contribution in [1.29, 1.82) is 0 Å².